The summed E-state index contributed by atoms with van der Waals surface area (Å²) in [4.78, 5) is 15.9. The highest BCUT2D eigenvalue weighted by molar-refractivity contribution is 5.31. The summed E-state index contributed by atoms with van der Waals surface area (Å²) in [6, 6.07) is 0.135. The fourth-order valence-electron chi connectivity index (χ4n) is 1.29. The maximum Gasteiger partial charge on any atom is 0.293 e. The molecular formula is C11H18N4O. The van der Waals surface area contributed by atoms with E-state index in [-0.39, 0.29) is 11.6 Å². The van der Waals surface area contributed by atoms with E-state index in [0.29, 0.717) is 18.9 Å². The molecule has 88 valence electrons. The van der Waals surface area contributed by atoms with Crippen molar-refractivity contribution in [3.8, 4) is 0 Å². The number of aromatic nitrogens is 2. The molecule has 0 spiro atoms. The van der Waals surface area contributed by atoms with E-state index < -0.39 is 0 Å². The zero-order valence-electron chi connectivity index (χ0n) is 9.68. The summed E-state index contributed by atoms with van der Waals surface area (Å²) in [6.07, 6.45) is 7.01. The Morgan fingerprint density at radius 1 is 1.56 bits per heavy atom. The van der Waals surface area contributed by atoms with Crippen molar-refractivity contribution in [3.63, 3.8) is 0 Å². The van der Waals surface area contributed by atoms with E-state index in [4.69, 9.17) is 5.73 Å². The molecule has 1 heterocycles. The molecule has 0 aliphatic carbocycles. The van der Waals surface area contributed by atoms with Crippen LogP contribution in [0.15, 0.2) is 29.3 Å². The molecule has 0 fully saturated rings. The lowest BCUT2D eigenvalue weighted by molar-refractivity contribution is 0.575. The van der Waals surface area contributed by atoms with Crippen molar-refractivity contribution in [1.29, 1.82) is 0 Å². The standard InChI is InChI=1S/C11H18N4O/c1-9(2)15-8-7-14-10(11(15)16)13-6-4-3-5-12/h3-4,7-9H,5-6,12H2,1-2H3,(H,13,14)/b4-3+. The van der Waals surface area contributed by atoms with Crippen molar-refractivity contribution in [2.24, 2.45) is 5.73 Å². The van der Waals surface area contributed by atoms with Crippen molar-refractivity contribution < 1.29 is 0 Å². The van der Waals surface area contributed by atoms with Gasteiger partial charge in [0.05, 0.1) is 0 Å². The summed E-state index contributed by atoms with van der Waals surface area (Å²) in [5.41, 5.74) is 5.21. The van der Waals surface area contributed by atoms with Crippen LogP contribution in [0, 0.1) is 0 Å². The van der Waals surface area contributed by atoms with Crippen LogP contribution >= 0.6 is 0 Å². The average Bonchev–Trinajstić information content (AvgIpc) is 2.26. The maximum atomic E-state index is 11.9. The number of nitrogens with one attached hydrogen (secondary N) is 1. The molecule has 0 saturated heterocycles. The fourth-order valence-corrected chi connectivity index (χ4v) is 1.29. The first-order valence-corrected chi connectivity index (χ1v) is 5.33. The second kappa shape index (κ2) is 6.07. The van der Waals surface area contributed by atoms with E-state index in [1.807, 2.05) is 26.0 Å². The van der Waals surface area contributed by atoms with Gasteiger partial charge in [-0.3, -0.25) is 4.79 Å². The third-order valence-corrected chi connectivity index (χ3v) is 2.11. The molecule has 0 aliphatic heterocycles. The predicted octanol–water partition coefficient (Wildman–Crippen LogP) is 0.751. The molecule has 5 heteroatoms. The van der Waals surface area contributed by atoms with Crippen molar-refractivity contribution in [3.05, 3.63) is 34.9 Å². The molecule has 3 N–H and O–H groups in total. The highest BCUT2D eigenvalue weighted by Crippen LogP contribution is 2.00. The SMILES string of the molecule is CC(C)n1ccnc(NC/C=C/CN)c1=O. The highest BCUT2D eigenvalue weighted by Gasteiger charge is 2.05. The number of nitrogens with zero attached hydrogens (tertiary/aromatic N) is 2. The van der Waals surface area contributed by atoms with Gasteiger partial charge in [-0.05, 0) is 13.8 Å². The van der Waals surface area contributed by atoms with Gasteiger partial charge in [0.25, 0.3) is 5.56 Å². The number of rotatable bonds is 5. The molecule has 16 heavy (non-hydrogen) atoms. The summed E-state index contributed by atoms with van der Waals surface area (Å²) >= 11 is 0. The topological polar surface area (TPSA) is 72.9 Å². The molecule has 0 aromatic carbocycles. The molecule has 0 bridgehead atoms. The Balaban J connectivity index is 2.78. The number of hydrogen-bond acceptors (Lipinski definition) is 4. The monoisotopic (exact) mass is 222 g/mol. The van der Waals surface area contributed by atoms with Crippen LogP contribution in [0.25, 0.3) is 0 Å². The van der Waals surface area contributed by atoms with E-state index in [9.17, 15) is 4.79 Å². The largest absolute Gasteiger partial charge is 0.362 e. The molecule has 0 atom stereocenters. The molecule has 0 saturated carbocycles. The Bertz CT molecular complexity index is 409. The van der Waals surface area contributed by atoms with E-state index in [0.717, 1.165) is 0 Å². The van der Waals surface area contributed by atoms with E-state index in [1.165, 1.54) is 0 Å². The van der Waals surface area contributed by atoms with Gasteiger partial charge in [-0.25, -0.2) is 4.98 Å². The number of anilines is 1. The molecule has 0 aliphatic rings. The van der Waals surface area contributed by atoms with Gasteiger partial charge in [-0.15, -0.1) is 0 Å². The lowest BCUT2D eigenvalue weighted by atomic mass is 10.4. The number of hydrogen-bond donors (Lipinski definition) is 2. The normalized spacial score (nSPS) is 11.2. The van der Waals surface area contributed by atoms with E-state index in [1.54, 1.807) is 17.0 Å². The third-order valence-electron chi connectivity index (χ3n) is 2.11. The first kappa shape index (κ1) is 12.4. The van der Waals surface area contributed by atoms with Crippen LogP contribution < -0.4 is 16.6 Å². The first-order chi connectivity index (χ1) is 7.66. The molecule has 0 amide bonds. The average molecular weight is 222 g/mol. The van der Waals surface area contributed by atoms with Gasteiger partial charge < -0.3 is 15.6 Å². The lowest BCUT2D eigenvalue weighted by Gasteiger charge is -2.10. The minimum absolute atomic E-state index is 0.0985. The minimum Gasteiger partial charge on any atom is -0.362 e. The van der Waals surface area contributed by atoms with Gasteiger partial charge >= 0.3 is 0 Å². The summed E-state index contributed by atoms with van der Waals surface area (Å²) in [6.45, 7) is 4.97. The molecule has 1 rings (SSSR count). The smallest absolute Gasteiger partial charge is 0.293 e. The van der Waals surface area contributed by atoms with E-state index >= 15 is 0 Å². The van der Waals surface area contributed by atoms with Gasteiger partial charge in [0.1, 0.15) is 0 Å². The summed E-state index contributed by atoms with van der Waals surface area (Å²) in [5.74, 6) is 0.373. The van der Waals surface area contributed by atoms with E-state index in [2.05, 4.69) is 10.3 Å². The van der Waals surface area contributed by atoms with Crippen LogP contribution in [0.5, 0.6) is 0 Å². The van der Waals surface area contributed by atoms with Gasteiger partial charge in [-0.2, -0.15) is 0 Å². The van der Waals surface area contributed by atoms with Crippen LogP contribution in [0.4, 0.5) is 5.82 Å². The molecule has 1 aromatic rings. The van der Waals surface area contributed by atoms with Gasteiger partial charge in [0, 0.05) is 31.5 Å². The van der Waals surface area contributed by atoms with Gasteiger partial charge in [0.2, 0.25) is 0 Å². The van der Waals surface area contributed by atoms with Crippen LogP contribution in [0.3, 0.4) is 0 Å². The minimum atomic E-state index is -0.0985. The lowest BCUT2D eigenvalue weighted by Crippen LogP contribution is -2.25. The zero-order valence-corrected chi connectivity index (χ0v) is 9.68. The van der Waals surface area contributed by atoms with Crippen LogP contribution in [-0.4, -0.2) is 22.6 Å². The molecular weight excluding hydrogens is 204 g/mol. The van der Waals surface area contributed by atoms with Crippen LogP contribution in [-0.2, 0) is 0 Å². The molecule has 0 unspecified atom stereocenters. The second-order valence-corrected chi connectivity index (χ2v) is 3.67. The molecule has 0 radical (unpaired) electrons. The van der Waals surface area contributed by atoms with Crippen LogP contribution in [0.1, 0.15) is 19.9 Å². The molecule has 1 aromatic heterocycles. The summed E-state index contributed by atoms with van der Waals surface area (Å²) in [5, 5.41) is 2.96. The van der Waals surface area contributed by atoms with Crippen molar-refractivity contribution in [1.82, 2.24) is 9.55 Å². The second-order valence-electron chi connectivity index (χ2n) is 3.67. The Morgan fingerprint density at radius 3 is 2.94 bits per heavy atom. The maximum absolute atomic E-state index is 11.9. The fraction of sp³-hybridized carbons (Fsp3) is 0.455. The van der Waals surface area contributed by atoms with Crippen LogP contribution in [0.2, 0.25) is 0 Å². The van der Waals surface area contributed by atoms with Crippen molar-refractivity contribution >= 4 is 5.82 Å². The summed E-state index contributed by atoms with van der Waals surface area (Å²) < 4.78 is 1.64. The van der Waals surface area contributed by atoms with Gasteiger partial charge in [0.15, 0.2) is 5.82 Å². The first-order valence-electron chi connectivity index (χ1n) is 5.33. The Labute approximate surface area is 95.0 Å². The Kier molecular flexibility index (Phi) is 4.72. The highest BCUT2D eigenvalue weighted by atomic mass is 16.1. The zero-order chi connectivity index (χ0) is 12.0. The van der Waals surface area contributed by atoms with Crippen molar-refractivity contribution in [2.45, 2.75) is 19.9 Å². The van der Waals surface area contributed by atoms with Gasteiger partial charge in [-0.1, -0.05) is 12.2 Å². The number of nitrogens with two attached hydrogens (primary N) is 1. The summed E-state index contributed by atoms with van der Waals surface area (Å²) in [7, 11) is 0. The quantitative estimate of drug-likeness (QED) is 0.721. The van der Waals surface area contributed by atoms with Crippen molar-refractivity contribution in [2.75, 3.05) is 18.4 Å². The predicted molar refractivity (Wildman–Crippen MR) is 65.6 cm³/mol. The Hall–Kier alpha value is -1.62. The molecule has 5 nitrogen and oxygen atoms in total. The Morgan fingerprint density at radius 2 is 2.31 bits per heavy atom. The third kappa shape index (κ3) is 3.20.